The van der Waals surface area contributed by atoms with Gasteiger partial charge in [0.25, 0.3) is 0 Å². The Hall–Kier alpha value is -1.59. The third-order valence-electron chi connectivity index (χ3n) is 7.05. The number of phenolic OH excluding ortho intramolecular Hbond substituents is 1. The van der Waals surface area contributed by atoms with E-state index in [1.807, 2.05) is 12.1 Å². The van der Waals surface area contributed by atoms with Crippen molar-refractivity contribution in [1.29, 1.82) is 0 Å². The largest absolute Gasteiger partial charge is 0.508 e. The van der Waals surface area contributed by atoms with Crippen LogP contribution in [0.3, 0.4) is 0 Å². The molecule has 5 nitrogen and oxygen atoms in total. The molecule has 0 spiro atoms. The molecule has 2 aliphatic heterocycles. The van der Waals surface area contributed by atoms with E-state index in [1.165, 1.54) is 32.1 Å². The summed E-state index contributed by atoms with van der Waals surface area (Å²) in [7, 11) is 0. The van der Waals surface area contributed by atoms with Gasteiger partial charge in [-0.05, 0) is 69.3 Å². The van der Waals surface area contributed by atoms with Crippen molar-refractivity contribution in [2.75, 3.05) is 26.2 Å². The maximum atomic E-state index is 13.4. The first-order valence-electron chi connectivity index (χ1n) is 11.2. The highest BCUT2D eigenvalue weighted by atomic mass is 16.3. The van der Waals surface area contributed by atoms with Gasteiger partial charge in [0.2, 0.25) is 5.91 Å². The van der Waals surface area contributed by atoms with Crippen molar-refractivity contribution in [2.24, 2.45) is 0 Å². The molecule has 3 fully saturated rings. The van der Waals surface area contributed by atoms with Crippen LogP contribution in [0.5, 0.6) is 5.75 Å². The Balaban J connectivity index is 1.31. The first-order valence-corrected chi connectivity index (χ1v) is 11.2. The van der Waals surface area contributed by atoms with Gasteiger partial charge in [0.1, 0.15) is 11.3 Å². The molecule has 0 bridgehead atoms. The van der Waals surface area contributed by atoms with Crippen molar-refractivity contribution in [2.45, 2.75) is 75.9 Å². The Bertz CT molecular complexity index is 658. The minimum absolute atomic E-state index is 0.229. The van der Waals surface area contributed by atoms with Crippen LogP contribution in [-0.4, -0.2) is 58.6 Å². The topological polar surface area (TPSA) is 55.8 Å². The molecule has 28 heavy (non-hydrogen) atoms. The van der Waals surface area contributed by atoms with Crippen molar-refractivity contribution in [3.05, 3.63) is 29.8 Å². The molecular formula is C23H35N3O2. The number of benzene rings is 1. The highest BCUT2D eigenvalue weighted by molar-refractivity contribution is 5.86. The minimum Gasteiger partial charge on any atom is -0.508 e. The molecule has 1 aliphatic carbocycles. The zero-order valence-corrected chi connectivity index (χ0v) is 17.0. The molecular weight excluding hydrogens is 350 g/mol. The Morgan fingerprint density at radius 1 is 1.04 bits per heavy atom. The number of carbonyl (C=O) groups is 1. The molecule has 2 saturated heterocycles. The van der Waals surface area contributed by atoms with E-state index < -0.39 is 0 Å². The summed E-state index contributed by atoms with van der Waals surface area (Å²) in [4.78, 5) is 18.3. The molecule has 2 heterocycles. The average Bonchev–Trinajstić information content (AvgIpc) is 3.25. The fourth-order valence-corrected chi connectivity index (χ4v) is 5.44. The lowest BCUT2D eigenvalue weighted by Crippen LogP contribution is -2.61. The quantitative estimate of drug-likeness (QED) is 0.817. The van der Waals surface area contributed by atoms with E-state index in [4.69, 9.17) is 0 Å². The molecule has 0 unspecified atom stereocenters. The predicted molar refractivity (Wildman–Crippen MR) is 111 cm³/mol. The van der Waals surface area contributed by atoms with Gasteiger partial charge in [0.15, 0.2) is 0 Å². The summed E-state index contributed by atoms with van der Waals surface area (Å²) in [6, 6.07) is 7.83. The van der Waals surface area contributed by atoms with Gasteiger partial charge in [-0.15, -0.1) is 0 Å². The summed E-state index contributed by atoms with van der Waals surface area (Å²) >= 11 is 0. The van der Waals surface area contributed by atoms with Crippen LogP contribution in [0.1, 0.15) is 63.4 Å². The third-order valence-corrected chi connectivity index (χ3v) is 7.05. The monoisotopic (exact) mass is 385 g/mol. The van der Waals surface area contributed by atoms with Crippen LogP contribution >= 0.6 is 0 Å². The van der Waals surface area contributed by atoms with Crippen molar-refractivity contribution in [1.82, 2.24) is 15.1 Å². The summed E-state index contributed by atoms with van der Waals surface area (Å²) in [6.45, 7) is 5.05. The summed E-state index contributed by atoms with van der Waals surface area (Å²) < 4.78 is 0. The van der Waals surface area contributed by atoms with E-state index in [0.29, 0.717) is 17.7 Å². The fourth-order valence-electron chi connectivity index (χ4n) is 5.44. The maximum absolute atomic E-state index is 13.4. The summed E-state index contributed by atoms with van der Waals surface area (Å²) in [5.41, 5.74) is 0.922. The predicted octanol–water partition coefficient (Wildman–Crippen LogP) is 3.27. The Kier molecular flexibility index (Phi) is 6.22. The van der Waals surface area contributed by atoms with Gasteiger partial charge < -0.3 is 10.4 Å². The fraction of sp³-hybridized carbons (Fsp3) is 0.696. The van der Waals surface area contributed by atoms with Gasteiger partial charge in [-0.25, -0.2) is 0 Å². The van der Waals surface area contributed by atoms with Gasteiger partial charge in [-0.2, -0.15) is 0 Å². The van der Waals surface area contributed by atoms with Gasteiger partial charge in [-0.3, -0.25) is 14.6 Å². The highest BCUT2D eigenvalue weighted by Crippen LogP contribution is 2.36. The van der Waals surface area contributed by atoms with Gasteiger partial charge in [0.05, 0.1) is 0 Å². The first kappa shape index (κ1) is 19.7. The molecule has 0 atom stereocenters. The number of aromatic hydroxyl groups is 1. The number of hydrogen-bond donors (Lipinski definition) is 2. The molecule has 1 amide bonds. The summed E-state index contributed by atoms with van der Waals surface area (Å²) in [5, 5.41) is 13.1. The number of rotatable bonds is 5. The highest BCUT2D eigenvalue weighted by Gasteiger charge is 2.45. The van der Waals surface area contributed by atoms with E-state index in [1.54, 1.807) is 6.07 Å². The number of hydrogen-bond acceptors (Lipinski definition) is 4. The number of piperidine rings is 1. The number of nitrogens with zero attached hydrogens (tertiary/aromatic N) is 2. The maximum Gasteiger partial charge on any atom is 0.240 e. The van der Waals surface area contributed by atoms with Gasteiger partial charge in [-0.1, -0.05) is 31.4 Å². The lowest BCUT2D eigenvalue weighted by atomic mass is 9.79. The Labute approximate surface area is 169 Å². The zero-order valence-electron chi connectivity index (χ0n) is 17.0. The molecule has 1 aromatic carbocycles. The van der Waals surface area contributed by atoms with Crippen molar-refractivity contribution < 1.29 is 9.90 Å². The second-order valence-corrected chi connectivity index (χ2v) is 8.98. The third kappa shape index (κ3) is 4.36. The Morgan fingerprint density at radius 2 is 1.75 bits per heavy atom. The van der Waals surface area contributed by atoms with Crippen LogP contribution < -0.4 is 5.32 Å². The molecule has 0 aromatic heterocycles. The van der Waals surface area contributed by atoms with Crippen molar-refractivity contribution in [3.8, 4) is 5.75 Å². The van der Waals surface area contributed by atoms with E-state index in [0.717, 1.165) is 64.0 Å². The first-order chi connectivity index (χ1) is 13.7. The molecule has 1 saturated carbocycles. The minimum atomic E-state index is -0.229. The van der Waals surface area contributed by atoms with Crippen LogP contribution in [0.4, 0.5) is 0 Å². The summed E-state index contributed by atoms with van der Waals surface area (Å²) in [5.74, 6) is 0.639. The van der Waals surface area contributed by atoms with E-state index in [2.05, 4.69) is 21.2 Å². The van der Waals surface area contributed by atoms with Crippen LogP contribution in [0.15, 0.2) is 24.3 Å². The smallest absolute Gasteiger partial charge is 0.240 e. The van der Waals surface area contributed by atoms with Gasteiger partial charge in [0, 0.05) is 25.7 Å². The molecule has 5 heteroatoms. The molecule has 2 N–H and O–H groups in total. The molecule has 154 valence electrons. The van der Waals surface area contributed by atoms with E-state index in [-0.39, 0.29) is 5.54 Å². The molecule has 4 rings (SSSR count). The number of likely N-dealkylation sites (tertiary alicyclic amines) is 2. The number of amides is 1. The number of phenols is 1. The molecule has 1 aromatic rings. The van der Waals surface area contributed by atoms with E-state index >= 15 is 0 Å². The van der Waals surface area contributed by atoms with Crippen LogP contribution in [0, 0.1) is 0 Å². The normalized spacial score (nSPS) is 24.3. The van der Waals surface area contributed by atoms with E-state index in [9.17, 15) is 9.90 Å². The van der Waals surface area contributed by atoms with Crippen LogP contribution in [-0.2, 0) is 11.3 Å². The lowest BCUT2D eigenvalue weighted by molar-refractivity contribution is -0.136. The second kappa shape index (κ2) is 8.83. The van der Waals surface area contributed by atoms with Crippen molar-refractivity contribution >= 4 is 5.91 Å². The van der Waals surface area contributed by atoms with Crippen LogP contribution in [0.25, 0.3) is 0 Å². The lowest BCUT2D eigenvalue weighted by Gasteiger charge is -2.44. The van der Waals surface area contributed by atoms with Crippen LogP contribution in [0.2, 0.25) is 0 Å². The Morgan fingerprint density at radius 3 is 2.43 bits per heavy atom. The SMILES string of the molecule is O=C(NC1CCN(Cc2cccc(O)c2)CC1)C1(N2CCCC2)CCCCC1. The summed E-state index contributed by atoms with van der Waals surface area (Å²) in [6.07, 6.45) is 10.2. The number of carbonyl (C=O) groups excluding carboxylic acids is 1. The standard InChI is InChI=1S/C23H35N3O2/c27-21-8-6-7-19(17-21)18-25-15-9-20(10-16-25)24-22(28)23(11-2-1-3-12-23)26-13-4-5-14-26/h6-8,17,20,27H,1-5,9-16,18H2,(H,24,28). The zero-order chi connectivity index (χ0) is 19.4. The van der Waals surface area contributed by atoms with Gasteiger partial charge >= 0.3 is 0 Å². The average molecular weight is 386 g/mol. The van der Waals surface area contributed by atoms with Crippen molar-refractivity contribution in [3.63, 3.8) is 0 Å². The molecule has 0 radical (unpaired) electrons. The second-order valence-electron chi connectivity index (χ2n) is 8.98. The number of nitrogens with one attached hydrogen (secondary N) is 1. The molecule has 3 aliphatic rings.